The largest absolute Gasteiger partial charge is 0.375 e. The van der Waals surface area contributed by atoms with Gasteiger partial charge in [0.1, 0.15) is 0 Å². The number of nitrogens with one attached hydrogen (secondary N) is 1. The maximum Gasteiger partial charge on any atom is 0.0670 e. The highest BCUT2D eigenvalue weighted by atomic mass is 16.5. The van der Waals surface area contributed by atoms with Gasteiger partial charge in [-0.2, -0.15) is 0 Å². The molecule has 3 heteroatoms. The first-order valence-corrected chi connectivity index (χ1v) is 8.36. The van der Waals surface area contributed by atoms with Crippen LogP contribution in [0, 0.1) is 17.8 Å². The maximum absolute atomic E-state index is 6.13. The van der Waals surface area contributed by atoms with E-state index in [-0.39, 0.29) is 11.1 Å². The van der Waals surface area contributed by atoms with Gasteiger partial charge in [-0.15, -0.1) is 0 Å². The molecule has 20 heavy (non-hydrogen) atoms. The molecule has 3 N–H and O–H groups in total. The molecular weight excluding hydrogens is 248 g/mol. The van der Waals surface area contributed by atoms with Crippen LogP contribution in [0.15, 0.2) is 0 Å². The Labute approximate surface area is 126 Å². The summed E-state index contributed by atoms with van der Waals surface area (Å²) in [6, 6.07) is 0. The molecule has 2 unspecified atom stereocenters. The molecular formula is C17H36N2O. The molecule has 1 fully saturated rings. The van der Waals surface area contributed by atoms with Crippen LogP contribution < -0.4 is 11.1 Å². The second-order valence-electron chi connectivity index (χ2n) is 7.60. The molecule has 2 atom stereocenters. The van der Waals surface area contributed by atoms with Crippen LogP contribution in [0.1, 0.15) is 60.8 Å². The molecule has 0 bridgehead atoms. The minimum atomic E-state index is -0.0181. The van der Waals surface area contributed by atoms with Gasteiger partial charge in [0.05, 0.1) is 5.60 Å². The van der Waals surface area contributed by atoms with Gasteiger partial charge in [0.2, 0.25) is 0 Å². The van der Waals surface area contributed by atoms with Crippen LogP contribution in [-0.4, -0.2) is 30.8 Å². The molecule has 0 radical (unpaired) electrons. The summed E-state index contributed by atoms with van der Waals surface area (Å²) in [5, 5.41) is 3.83. The van der Waals surface area contributed by atoms with Crippen LogP contribution in [0.3, 0.4) is 0 Å². The number of ether oxygens (including phenoxy) is 1. The normalized spacial score (nSPS) is 31.5. The number of hydrogen-bond acceptors (Lipinski definition) is 3. The smallest absolute Gasteiger partial charge is 0.0670 e. The van der Waals surface area contributed by atoms with Gasteiger partial charge < -0.3 is 15.8 Å². The number of nitrogens with two attached hydrogens (primary N) is 1. The molecule has 1 rings (SSSR count). The van der Waals surface area contributed by atoms with Gasteiger partial charge in [0, 0.05) is 18.7 Å². The van der Waals surface area contributed by atoms with Crippen molar-refractivity contribution in [2.75, 3.05) is 19.7 Å². The average Bonchev–Trinajstić information content (AvgIpc) is 2.38. The second-order valence-corrected chi connectivity index (χ2v) is 7.60. The third-order valence-electron chi connectivity index (χ3n) is 5.31. The SMILES string of the molecule is CCC1(C)CC(CN)(NCC(C(C)C)C(C)C)CCO1. The van der Waals surface area contributed by atoms with E-state index < -0.39 is 0 Å². The lowest BCUT2D eigenvalue weighted by Crippen LogP contribution is -2.60. The second kappa shape index (κ2) is 7.24. The summed E-state index contributed by atoms with van der Waals surface area (Å²) in [5.74, 6) is 2.11. The topological polar surface area (TPSA) is 47.3 Å². The molecule has 0 amide bonds. The predicted molar refractivity (Wildman–Crippen MR) is 86.8 cm³/mol. The highest BCUT2D eigenvalue weighted by Crippen LogP contribution is 2.34. The third-order valence-corrected chi connectivity index (χ3v) is 5.31. The van der Waals surface area contributed by atoms with Crippen molar-refractivity contribution in [2.24, 2.45) is 23.5 Å². The molecule has 0 aromatic heterocycles. The van der Waals surface area contributed by atoms with Crippen molar-refractivity contribution in [3.8, 4) is 0 Å². The maximum atomic E-state index is 6.13. The summed E-state index contributed by atoms with van der Waals surface area (Å²) in [6.45, 7) is 16.3. The van der Waals surface area contributed by atoms with E-state index in [1.165, 1.54) is 0 Å². The van der Waals surface area contributed by atoms with Crippen LogP contribution in [0.5, 0.6) is 0 Å². The first-order valence-electron chi connectivity index (χ1n) is 8.36. The van der Waals surface area contributed by atoms with Crippen molar-refractivity contribution in [3.05, 3.63) is 0 Å². The van der Waals surface area contributed by atoms with Gasteiger partial charge in [-0.1, -0.05) is 34.6 Å². The van der Waals surface area contributed by atoms with E-state index in [2.05, 4.69) is 46.9 Å². The Morgan fingerprint density at radius 3 is 2.25 bits per heavy atom. The van der Waals surface area contributed by atoms with Crippen LogP contribution >= 0.6 is 0 Å². The summed E-state index contributed by atoms with van der Waals surface area (Å²) in [4.78, 5) is 0. The number of hydrogen-bond donors (Lipinski definition) is 2. The molecule has 0 aromatic rings. The molecule has 0 spiro atoms. The predicted octanol–water partition coefficient (Wildman–Crippen LogP) is 3.18. The van der Waals surface area contributed by atoms with Gasteiger partial charge >= 0.3 is 0 Å². The quantitative estimate of drug-likeness (QED) is 0.755. The Morgan fingerprint density at radius 1 is 1.20 bits per heavy atom. The summed E-state index contributed by atoms with van der Waals surface area (Å²) < 4.78 is 5.98. The zero-order chi connectivity index (χ0) is 15.4. The fourth-order valence-corrected chi connectivity index (χ4v) is 3.55. The molecule has 3 nitrogen and oxygen atoms in total. The van der Waals surface area contributed by atoms with Crippen molar-refractivity contribution < 1.29 is 4.74 Å². The lowest BCUT2D eigenvalue weighted by Gasteiger charge is -2.47. The van der Waals surface area contributed by atoms with Crippen LogP contribution in [0.2, 0.25) is 0 Å². The summed E-state index contributed by atoms with van der Waals surface area (Å²) in [5.41, 5.74) is 6.18. The zero-order valence-electron chi connectivity index (χ0n) is 14.5. The molecule has 0 saturated carbocycles. The average molecular weight is 284 g/mol. The fraction of sp³-hybridized carbons (Fsp3) is 1.00. The van der Waals surface area contributed by atoms with Crippen LogP contribution in [0.25, 0.3) is 0 Å². The molecule has 120 valence electrons. The van der Waals surface area contributed by atoms with E-state index in [0.717, 1.165) is 32.4 Å². The number of rotatable bonds is 7. The van der Waals surface area contributed by atoms with E-state index >= 15 is 0 Å². The van der Waals surface area contributed by atoms with Crippen LogP contribution in [-0.2, 0) is 4.74 Å². The van der Waals surface area contributed by atoms with Crippen molar-refractivity contribution in [3.63, 3.8) is 0 Å². The van der Waals surface area contributed by atoms with Gasteiger partial charge in [-0.3, -0.25) is 0 Å². The molecule has 1 aliphatic rings. The van der Waals surface area contributed by atoms with Crippen LogP contribution in [0.4, 0.5) is 0 Å². The lowest BCUT2D eigenvalue weighted by molar-refractivity contribution is -0.100. The summed E-state index contributed by atoms with van der Waals surface area (Å²) in [6.07, 6.45) is 3.10. The van der Waals surface area contributed by atoms with Gasteiger partial charge in [-0.05, 0) is 50.5 Å². The van der Waals surface area contributed by atoms with E-state index in [4.69, 9.17) is 10.5 Å². The first kappa shape index (κ1) is 17.9. The molecule has 1 saturated heterocycles. The minimum absolute atomic E-state index is 0.0181. The zero-order valence-corrected chi connectivity index (χ0v) is 14.5. The molecule has 0 aromatic carbocycles. The molecule has 1 heterocycles. The van der Waals surface area contributed by atoms with E-state index in [0.29, 0.717) is 24.3 Å². The Hall–Kier alpha value is -0.120. The summed E-state index contributed by atoms with van der Waals surface area (Å²) in [7, 11) is 0. The molecule has 0 aliphatic carbocycles. The Kier molecular flexibility index (Phi) is 6.49. The van der Waals surface area contributed by atoms with Crippen molar-refractivity contribution >= 4 is 0 Å². The fourth-order valence-electron chi connectivity index (χ4n) is 3.55. The van der Waals surface area contributed by atoms with Crippen molar-refractivity contribution in [2.45, 2.75) is 71.9 Å². The van der Waals surface area contributed by atoms with E-state index in [1.54, 1.807) is 0 Å². The minimum Gasteiger partial charge on any atom is -0.375 e. The highest BCUT2D eigenvalue weighted by Gasteiger charge is 2.41. The van der Waals surface area contributed by atoms with Crippen molar-refractivity contribution in [1.29, 1.82) is 0 Å². The van der Waals surface area contributed by atoms with Gasteiger partial charge in [-0.25, -0.2) is 0 Å². The van der Waals surface area contributed by atoms with Gasteiger partial charge in [0.25, 0.3) is 0 Å². The first-order chi connectivity index (χ1) is 9.27. The lowest BCUT2D eigenvalue weighted by atomic mass is 9.78. The van der Waals surface area contributed by atoms with Gasteiger partial charge in [0.15, 0.2) is 0 Å². The summed E-state index contributed by atoms with van der Waals surface area (Å²) >= 11 is 0. The van der Waals surface area contributed by atoms with E-state index in [1.807, 2.05) is 0 Å². The molecule has 1 aliphatic heterocycles. The standard InChI is InChI=1S/C17H36N2O/c1-7-16(6)11-17(12-18,8-9-20-16)19-10-15(13(2)3)14(4)5/h13-15,19H,7-12,18H2,1-6H3. The third kappa shape index (κ3) is 4.44. The van der Waals surface area contributed by atoms with E-state index in [9.17, 15) is 0 Å². The Balaban J connectivity index is 2.70. The van der Waals surface area contributed by atoms with Crippen molar-refractivity contribution in [1.82, 2.24) is 5.32 Å². The highest BCUT2D eigenvalue weighted by molar-refractivity contribution is 4.99. The monoisotopic (exact) mass is 284 g/mol. The Bertz CT molecular complexity index is 285. The Morgan fingerprint density at radius 2 is 1.80 bits per heavy atom.